The highest BCUT2D eigenvalue weighted by Crippen LogP contribution is 2.21. The molecule has 4 N–H and O–H groups in total. The van der Waals surface area contributed by atoms with Crippen LogP contribution in [0.2, 0.25) is 0 Å². The normalized spacial score (nSPS) is 11.9. The summed E-state index contributed by atoms with van der Waals surface area (Å²) in [5, 5.41) is 21.9. The zero-order valence-corrected chi connectivity index (χ0v) is 10.6. The number of hydrogen-bond acceptors (Lipinski definition) is 6. The Kier molecular flexibility index (Phi) is 5.78. The fourth-order valence-electron chi connectivity index (χ4n) is 1.52. The van der Waals surface area contributed by atoms with Crippen molar-refractivity contribution in [3.63, 3.8) is 0 Å². The number of nitrogens with zero attached hydrogens (tertiary/aromatic N) is 2. The summed E-state index contributed by atoms with van der Waals surface area (Å²) in [4.78, 5) is 23.9. The molecule has 1 atom stereocenters. The molecule has 1 rings (SSSR count). The van der Waals surface area contributed by atoms with Gasteiger partial charge in [0.25, 0.3) is 0 Å². The molecule has 0 radical (unpaired) electrons. The second kappa shape index (κ2) is 7.34. The summed E-state index contributed by atoms with van der Waals surface area (Å²) in [6, 6.07) is 1.02. The number of rotatable bonds is 8. The van der Waals surface area contributed by atoms with Crippen LogP contribution in [-0.2, 0) is 4.79 Å². The van der Waals surface area contributed by atoms with Crippen LogP contribution in [0.4, 0.5) is 15.9 Å². The predicted octanol–water partition coefficient (Wildman–Crippen LogP) is 1.12. The molecule has 0 saturated carbocycles. The van der Waals surface area contributed by atoms with Crippen LogP contribution in [0.1, 0.15) is 19.3 Å². The molecule has 0 fully saturated rings. The highest BCUT2D eigenvalue weighted by atomic mass is 19.1. The largest absolute Gasteiger partial charge is 0.480 e. The second-order valence-corrected chi connectivity index (χ2v) is 4.13. The first-order chi connectivity index (χ1) is 9.41. The summed E-state index contributed by atoms with van der Waals surface area (Å²) in [6.45, 7) is 0.309. The lowest BCUT2D eigenvalue weighted by molar-refractivity contribution is -0.384. The van der Waals surface area contributed by atoms with E-state index in [0.29, 0.717) is 25.8 Å². The van der Waals surface area contributed by atoms with Crippen molar-refractivity contribution in [2.75, 3.05) is 11.9 Å². The number of hydrogen-bond donors (Lipinski definition) is 3. The maximum Gasteiger partial charge on any atom is 0.320 e. The molecule has 0 bridgehead atoms. The molecule has 0 spiro atoms. The molecule has 0 saturated heterocycles. The summed E-state index contributed by atoms with van der Waals surface area (Å²) in [5.74, 6) is -2.02. The molecule has 0 aliphatic rings. The van der Waals surface area contributed by atoms with Crippen molar-refractivity contribution in [3.05, 3.63) is 28.2 Å². The molecule has 0 amide bonds. The van der Waals surface area contributed by atoms with Gasteiger partial charge in [-0.25, -0.2) is 0 Å². The van der Waals surface area contributed by atoms with Gasteiger partial charge in [-0.05, 0) is 19.3 Å². The van der Waals surface area contributed by atoms with Crippen LogP contribution in [0.25, 0.3) is 0 Å². The number of halogens is 1. The molecular weight excluding hydrogens is 271 g/mol. The molecule has 20 heavy (non-hydrogen) atoms. The summed E-state index contributed by atoms with van der Waals surface area (Å²) < 4.78 is 12.9. The third-order valence-corrected chi connectivity index (χ3v) is 2.59. The van der Waals surface area contributed by atoms with Crippen molar-refractivity contribution in [1.82, 2.24) is 4.98 Å². The Morgan fingerprint density at radius 3 is 2.85 bits per heavy atom. The lowest BCUT2D eigenvalue weighted by Gasteiger charge is -2.07. The van der Waals surface area contributed by atoms with Gasteiger partial charge < -0.3 is 16.2 Å². The van der Waals surface area contributed by atoms with Crippen molar-refractivity contribution in [3.8, 4) is 0 Å². The third kappa shape index (κ3) is 4.76. The van der Waals surface area contributed by atoms with Gasteiger partial charge >= 0.3 is 11.7 Å². The maximum atomic E-state index is 12.9. The first-order valence-corrected chi connectivity index (χ1v) is 5.95. The average Bonchev–Trinajstić information content (AvgIpc) is 2.37. The molecule has 9 heteroatoms. The zero-order valence-electron chi connectivity index (χ0n) is 10.6. The van der Waals surface area contributed by atoms with Gasteiger partial charge in [0, 0.05) is 18.7 Å². The number of nitrogens with one attached hydrogen (secondary N) is 1. The number of aliphatic carboxylic acids is 1. The minimum atomic E-state index is -1.07. The highest BCUT2D eigenvalue weighted by Gasteiger charge is 2.15. The molecule has 0 aliphatic heterocycles. The van der Waals surface area contributed by atoms with Gasteiger partial charge in [0.05, 0.1) is 4.92 Å². The van der Waals surface area contributed by atoms with Crippen LogP contribution in [0.5, 0.6) is 0 Å². The van der Waals surface area contributed by atoms with E-state index in [1.807, 2.05) is 0 Å². The van der Waals surface area contributed by atoms with Gasteiger partial charge in [0.2, 0.25) is 11.8 Å². The first-order valence-electron chi connectivity index (χ1n) is 5.95. The third-order valence-electron chi connectivity index (χ3n) is 2.59. The van der Waals surface area contributed by atoms with Crippen molar-refractivity contribution >= 4 is 17.5 Å². The standard InChI is InChI=1S/C11H15FN4O4/c12-9-5-4-8(16(19)20)10(15-9)14-6-2-1-3-7(13)11(17)18/h4-5,7H,1-3,6,13H2,(H,14,15)(H,17,18)/t7-/m0/s1. The van der Waals surface area contributed by atoms with E-state index in [9.17, 15) is 19.3 Å². The minimum Gasteiger partial charge on any atom is -0.480 e. The van der Waals surface area contributed by atoms with E-state index >= 15 is 0 Å². The van der Waals surface area contributed by atoms with Gasteiger partial charge in [-0.15, -0.1) is 0 Å². The number of pyridine rings is 1. The number of carbonyl (C=O) groups is 1. The van der Waals surface area contributed by atoms with Crippen LogP contribution in [0, 0.1) is 16.1 Å². The number of aromatic nitrogens is 1. The Hall–Kier alpha value is -2.29. The van der Waals surface area contributed by atoms with E-state index in [2.05, 4.69) is 10.3 Å². The SMILES string of the molecule is N[C@@H](CCCCNc1nc(F)ccc1[N+](=O)[O-])C(=O)O. The molecular formula is C11H15FN4O4. The van der Waals surface area contributed by atoms with Crippen molar-refractivity contribution in [1.29, 1.82) is 0 Å². The first kappa shape index (κ1) is 15.8. The Morgan fingerprint density at radius 2 is 2.25 bits per heavy atom. The van der Waals surface area contributed by atoms with Gasteiger partial charge in [-0.3, -0.25) is 14.9 Å². The minimum absolute atomic E-state index is 0.141. The van der Waals surface area contributed by atoms with E-state index in [1.165, 1.54) is 0 Å². The monoisotopic (exact) mass is 286 g/mol. The van der Waals surface area contributed by atoms with E-state index < -0.39 is 22.9 Å². The molecule has 8 nitrogen and oxygen atoms in total. The molecule has 1 aromatic rings. The number of carboxylic acids is 1. The fraction of sp³-hybridized carbons (Fsp3) is 0.455. The number of anilines is 1. The Balaban J connectivity index is 2.44. The molecule has 0 unspecified atom stereocenters. The van der Waals surface area contributed by atoms with E-state index in [1.54, 1.807) is 0 Å². The Morgan fingerprint density at radius 1 is 1.55 bits per heavy atom. The summed E-state index contributed by atoms with van der Waals surface area (Å²) in [7, 11) is 0. The van der Waals surface area contributed by atoms with Crippen molar-refractivity contribution < 1.29 is 19.2 Å². The van der Waals surface area contributed by atoms with Crippen LogP contribution in [-0.4, -0.2) is 33.6 Å². The average molecular weight is 286 g/mol. The van der Waals surface area contributed by atoms with Crippen molar-refractivity contribution in [2.45, 2.75) is 25.3 Å². The second-order valence-electron chi connectivity index (χ2n) is 4.13. The lowest BCUT2D eigenvalue weighted by atomic mass is 10.1. The maximum absolute atomic E-state index is 12.9. The summed E-state index contributed by atoms with van der Waals surface area (Å²) in [5.41, 5.74) is 5.01. The topological polar surface area (TPSA) is 131 Å². The van der Waals surface area contributed by atoms with Crippen LogP contribution >= 0.6 is 0 Å². The van der Waals surface area contributed by atoms with Crippen molar-refractivity contribution in [2.24, 2.45) is 5.73 Å². The molecule has 0 aliphatic carbocycles. The molecule has 1 aromatic heterocycles. The summed E-state index contributed by atoms with van der Waals surface area (Å²) >= 11 is 0. The quantitative estimate of drug-likeness (QED) is 0.282. The van der Waals surface area contributed by atoms with Gasteiger partial charge in [-0.1, -0.05) is 0 Å². The lowest BCUT2D eigenvalue weighted by Crippen LogP contribution is -2.29. The zero-order chi connectivity index (χ0) is 15.1. The molecule has 0 aromatic carbocycles. The van der Waals surface area contributed by atoms with Gasteiger partial charge in [0.1, 0.15) is 6.04 Å². The molecule has 1 heterocycles. The highest BCUT2D eigenvalue weighted by molar-refractivity contribution is 5.72. The van der Waals surface area contributed by atoms with E-state index in [0.717, 1.165) is 12.1 Å². The van der Waals surface area contributed by atoms with E-state index in [-0.39, 0.29) is 11.5 Å². The van der Waals surface area contributed by atoms with Crippen LogP contribution in [0.15, 0.2) is 12.1 Å². The smallest absolute Gasteiger partial charge is 0.320 e. The summed E-state index contributed by atoms with van der Waals surface area (Å²) in [6.07, 6.45) is 1.37. The number of nitrogens with two attached hydrogens (primary N) is 1. The molecule has 110 valence electrons. The van der Waals surface area contributed by atoms with Gasteiger partial charge in [0.15, 0.2) is 0 Å². The number of unbranched alkanes of at least 4 members (excludes halogenated alkanes) is 1. The Labute approximate surface area is 114 Å². The fourth-order valence-corrected chi connectivity index (χ4v) is 1.52. The Bertz CT molecular complexity index is 497. The van der Waals surface area contributed by atoms with Crippen LogP contribution < -0.4 is 11.1 Å². The van der Waals surface area contributed by atoms with Crippen LogP contribution in [0.3, 0.4) is 0 Å². The predicted molar refractivity (Wildman–Crippen MR) is 68.8 cm³/mol. The van der Waals surface area contributed by atoms with Gasteiger partial charge in [-0.2, -0.15) is 9.37 Å². The van der Waals surface area contributed by atoms with E-state index in [4.69, 9.17) is 10.8 Å². The number of nitro groups is 1. The number of carboxylic acid groups (broad SMARTS) is 1.